The summed E-state index contributed by atoms with van der Waals surface area (Å²) in [6.45, 7) is 3.15. The van der Waals surface area contributed by atoms with Crippen molar-refractivity contribution in [1.82, 2.24) is 15.1 Å². The van der Waals surface area contributed by atoms with E-state index in [0.29, 0.717) is 24.4 Å². The van der Waals surface area contributed by atoms with Crippen LogP contribution in [0.25, 0.3) is 0 Å². The van der Waals surface area contributed by atoms with Gasteiger partial charge in [0.1, 0.15) is 6.04 Å². The second-order valence-electron chi connectivity index (χ2n) is 8.15. The zero-order valence-electron chi connectivity index (χ0n) is 14.5. The Morgan fingerprint density at radius 3 is 2.85 bits per heavy atom. The summed E-state index contributed by atoms with van der Waals surface area (Å²) in [5.41, 5.74) is 9.13. The first-order valence-corrected chi connectivity index (χ1v) is 9.21. The topological polar surface area (TPSA) is 95.7 Å². The molecule has 0 radical (unpaired) electrons. The van der Waals surface area contributed by atoms with Crippen LogP contribution in [0, 0.1) is 5.92 Å². The van der Waals surface area contributed by atoms with Crippen LogP contribution in [-0.4, -0.2) is 52.2 Å². The number of hydrogen-bond donors (Lipinski definition) is 2. The number of nitrogens with zero attached hydrogens (tertiary/aromatic N) is 2. The van der Waals surface area contributed by atoms with E-state index < -0.39 is 6.04 Å². The number of fused-ring (bicyclic) bond motifs is 2. The third-order valence-corrected chi connectivity index (χ3v) is 6.35. The molecule has 26 heavy (non-hydrogen) atoms. The molecule has 3 heterocycles. The fraction of sp³-hybridized carbons (Fsp3) is 0.526. The minimum absolute atomic E-state index is 0.00648. The van der Waals surface area contributed by atoms with E-state index in [2.05, 4.69) is 16.3 Å². The van der Waals surface area contributed by atoms with Gasteiger partial charge in [-0.3, -0.25) is 24.6 Å². The molecular formula is C19H22N4O3. The molecule has 1 aromatic rings. The quantitative estimate of drug-likeness (QED) is 0.744. The molecule has 3 N–H and O–H groups in total. The molecule has 3 aliphatic heterocycles. The average Bonchev–Trinajstić information content (AvgIpc) is 2.93. The Kier molecular flexibility index (Phi) is 3.30. The van der Waals surface area contributed by atoms with Gasteiger partial charge in [-0.1, -0.05) is 12.1 Å². The van der Waals surface area contributed by atoms with Crippen molar-refractivity contribution in [3.63, 3.8) is 0 Å². The molecule has 7 nitrogen and oxygen atoms in total. The van der Waals surface area contributed by atoms with Crippen molar-refractivity contribution in [2.24, 2.45) is 11.7 Å². The van der Waals surface area contributed by atoms with E-state index >= 15 is 0 Å². The number of rotatable bonds is 3. The molecule has 2 saturated heterocycles. The maximum absolute atomic E-state index is 12.9. The van der Waals surface area contributed by atoms with Gasteiger partial charge in [0.2, 0.25) is 11.8 Å². The lowest BCUT2D eigenvalue weighted by molar-refractivity contribution is -0.136. The first-order chi connectivity index (χ1) is 12.4. The summed E-state index contributed by atoms with van der Waals surface area (Å²) < 4.78 is 0. The number of hydrogen-bond acceptors (Lipinski definition) is 5. The van der Waals surface area contributed by atoms with Gasteiger partial charge in [-0.2, -0.15) is 0 Å². The third kappa shape index (κ3) is 2.38. The van der Waals surface area contributed by atoms with Crippen molar-refractivity contribution in [1.29, 1.82) is 0 Å². The number of amides is 3. The van der Waals surface area contributed by atoms with Crippen LogP contribution in [0.5, 0.6) is 0 Å². The molecule has 1 unspecified atom stereocenters. The van der Waals surface area contributed by atoms with Gasteiger partial charge in [-0.05, 0) is 36.0 Å². The molecule has 0 aromatic heterocycles. The fourth-order valence-corrected chi connectivity index (χ4v) is 4.79. The molecule has 3 amide bonds. The normalized spacial score (nSPS) is 33.3. The predicted octanol–water partition coefficient (Wildman–Crippen LogP) is -0.0194. The van der Waals surface area contributed by atoms with Crippen LogP contribution in [-0.2, 0) is 22.7 Å². The maximum Gasteiger partial charge on any atom is 0.255 e. The van der Waals surface area contributed by atoms with Gasteiger partial charge in [0.25, 0.3) is 5.91 Å². The number of carbonyl (C=O) groups is 3. The van der Waals surface area contributed by atoms with Crippen molar-refractivity contribution in [2.75, 3.05) is 13.1 Å². The number of carbonyl (C=O) groups excluding carboxylic acids is 3. The van der Waals surface area contributed by atoms with Crippen molar-refractivity contribution in [3.8, 4) is 0 Å². The van der Waals surface area contributed by atoms with E-state index in [4.69, 9.17) is 5.73 Å². The Bertz CT molecular complexity index is 838. The molecule has 1 aromatic carbocycles. The highest BCUT2D eigenvalue weighted by Crippen LogP contribution is 2.47. The molecule has 4 aliphatic rings. The van der Waals surface area contributed by atoms with E-state index in [-0.39, 0.29) is 29.7 Å². The van der Waals surface area contributed by atoms with Gasteiger partial charge in [-0.15, -0.1) is 0 Å². The summed E-state index contributed by atoms with van der Waals surface area (Å²) in [4.78, 5) is 40.4. The van der Waals surface area contributed by atoms with Crippen LogP contribution in [0.15, 0.2) is 18.2 Å². The van der Waals surface area contributed by atoms with E-state index in [1.165, 1.54) is 0 Å². The monoisotopic (exact) mass is 354 g/mol. The lowest BCUT2D eigenvalue weighted by Gasteiger charge is -2.29. The number of imide groups is 1. The lowest BCUT2D eigenvalue weighted by Crippen LogP contribution is -2.52. The van der Waals surface area contributed by atoms with Gasteiger partial charge < -0.3 is 10.6 Å². The zero-order chi connectivity index (χ0) is 18.1. The van der Waals surface area contributed by atoms with Crippen molar-refractivity contribution in [2.45, 2.75) is 43.9 Å². The van der Waals surface area contributed by atoms with Gasteiger partial charge in [-0.25, -0.2) is 0 Å². The van der Waals surface area contributed by atoms with Gasteiger partial charge >= 0.3 is 0 Å². The molecule has 136 valence electrons. The second kappa shape index (κ2) is 5.37. The molecule has 3 atom stereocenters. The third-order valence-electron chi connectivity index (χ3n) is 6.35. The molecule has 7 heteroatoms. The molecule has 5 rings (SSSR count). The summed E-state index contributed by atoms with van der Waals surface area (Å²) >= 11 is 0. The van der Waals surface area contributed by atoms with Crippen LogP contribution in [0.3, 0.4) is 0 Å². The zero-order valence-corrected chi connectivity index (χ0v) is 14.5. The Hall–Kier alpha value is -2.25. The average molecular weight is 354 g/mol. The summed E-state index contributed by atoms with van der Waals surface area (Å²) in [5.74, 6) is -0.134. The number of benzene rings is 1. The van der Waals surface area contributed by atoms with Crippen LogP contribution < -0.4 is 11.1 Å². The highest BCUT2D eigenvalue weighted by atomic mass is 16.2. The highest BCUT2D eigenvalue weighted by molar-refractivity contribution is 6.05. The van der Waals surface area contributed by atoms with E-state index in [1.807, 2.05) is 12.1 Å². The standard InChI is InChI=1S/C19H22N4O3/c20-19-6-12(19)8-22(10-19)7-11-2-1-3-13-14(11)9-23(18(13)26)15-4-5-16(24)21-17(15)25/h1-3,12,15H,4-10,20H2,(H,21,24,25)/t12-,15?,19-/m0/s1. The van der Waals surface area contributed by atoms with Gasteiger partial charge in [0.15, 0.2) is 0 Å². The molecule has 0 bridgehead atoms. The Balaban J connectivity index is 1.37. The SMILES string of the molecule is N[C@]12C[C@H]1CN(Cc1cccc3c1CN(C1CCC(=O)NC1=O)C3=O)C2. The summed E-state index contributed by atoms with van der Waals surface area (Å²) in [5, 5.41) is 2.35. The molecular weight excluding hydrogens is 332 g/mol. The summed E-state index contributed by atoms with van der Waals surface area (Å²) in [7, 11) is 0. The Morgan fingerprint density at radius 1 is 1.27 bits per heavy atom. The smallest absolute Gasteiger partial charge is 0.255 e. The van der Waals surface area contributed by atoms with Gasteiger partial charge in [0.05, 0.1) is 0 Å². The molecule has 3 fully saturated rings. The number of likely N-dealkylation sites (tertiary alicyclic amines) is 1. The van der Waals surface area contributed by atoms with E-state index in [9.17, 15) is 14.4 Å². The van der Waals surface area contributed by atoms with Crippen molar-refractivity contribution < 1.29 is 14.4 Å². The molecule has 1 saturated carbocycles. The van der Waals surface area contributed by atoms with Crippen LogP contribution in [0.1, 0.15) is 40.7 Å². The molecule has 1 aliphatic carbocycles. The Morgan fingerprint density at radius 2 is 2.12 bits per heavy atom. The Labute approximate surface area is 151 Å². The van der Waals surface area contributed by atoms with E-state index in [0.717, 1.165) is 37.2 Å². The van der Waals surface area contributed by atoms with Crippen LogP contribution >= 0.6 is 0 Å². The maximum atomic E-state index is 12.9. The van der Waals surface area contributed by atoms with Crippen LogP contribution in [0.4, 0.5) is 0 Å². The molecule has 0 spiro atoms. The number of piperidine rings is 2. The van der Waals surface area contributed by atoms with E-state index in [1.54, 1.807) is 4.90 Å². The minimum atomic E-state index is -0.563. The van der Waals surface area contributed by atoms with Crippen molar-refractivity contribution in [3.05, 3.63) is 34.9 Å². The first-order valence-electron chi connectivity index (χ1n) is 9.21. The first kappa shape index (κ1) is 16.0. The largest absolute Gasteiger partial charge is 0.324 e. The summed E-state index contributed by atoms with van der Waals surface area (Å²) in [6.07, 6.45) is 1.79. The minimum Gasteiger partial charge on any atom is -0.324 e. The number of nitrogens with two attached hydrogens (primary N) is 1. The number of nitrogens with one attached hydrogen (secondary N) is 1. The fourth-order valence-electron chi connectivity index (χ4n) is 4.79. The highest BCUT2D eigenvalue weighted by Gasteiger charge is 2.57. The predicted molar refractivity (Wildman–Crippen MR) is 92.8 cm³/mol. The van der Waals surface area contributed by atoms with Crippen molar-refractivity contribution >= 4 is 17.7 Å². The van der Waals surface area contributed by atoms with Crippen LogP contribution in [0.2, 0.25) is 0 Å². The lowest BCUT2D eigenvalue weighted by atomic mass is 10.0. The second-order valence-corrected chi connectivity index (χ2v) is 8.15. The summed E-state index contributed by atoms with van der Waals surface area (Å²) in [6, 6.07) is 5.24. The van der Waals surface area contributed by atoms with Gasteiger partial charge in [0, 0.05) is 43.7 Å².